The first-order valence-electron chi connectivity index (χ1n) is 4.84. The molecule has 0 saturated carbocycles. The van der Waals surface area contributed by atoms with Gasteiger partial charge in [-0.3, -0.25) is 9.36 Å². The topological polar surface area (TPSA) is 52.6 Å². The lowest BCUT2D eigenvalue weighted by Crippen LogP contribution is -2.08. The average Bonchev–Trinajstić information content (AvgIpc) is 2.79. The molecule has 0 radical (unpaired) electrons. The third kappa shape index (κ3) is 4.18. The lowest BCUT2D eigenvalue weighted by Gasteiger charge is -2.12. The van der Waals surface area contributed by atoms with E-state index in [9.17, 15) is 9.36 Å². The van der Waals surface area contributed by atoms with E-state index in [0.29, 0.717) is 12.8 Å². The van der Waals surface area contributed by atoms with Crippen LogP contribution in [0.5, 0.6) is 0 Å². The summed E-state index contributed by atoms with van der Waals surface area (Å²) in [5, 5.41) is 1.97. The van der Waals surface area contributed by atoms with Crippen molar-refractivity contribution in [2.24, 2.45) is 0 Å². The van der Waals surface area contributed by atoms with E-state index in [1.54, 1.807) is 11.3 Å². The van der Waals surface area contributed by atoms with Crippen LogP contribution >= 0.6 is 18.9 Å². The van der Waals surface area contributed by atoms with Gasteiger partial charge in [-0.05, 0) is 17.9 Å². The summed E-state index contributed by atoms with van der Waals surface area (Å²) < 4.78 is 21.1. The molecule has 0 saturated heterocycles. The molecular formula is C10H15O4PS. The fourth-order valence-corrected chi connectivity index (χ4v) is 2.92. The number of rotatable bonds is 7. The first-order chi connectivity index (χ1) is 7.59. The summed E-state index contributed by atoms with van der Waals surface area (Å²) in [5.74, 6) is -0.0968. The van der Waals surface area contributed by atoms with Gasteiger partial charge in [-0.25, -0.2) is 0 Å². The fraction of sp³-hybridized carbons (Fsp3) is 0.500. The van der Waals surface area contributed by atoms with Crippen LogP contribution in [0.25, 0.3) is 0 Å². The Balaban J connectivity index is 2.39. The maximum atomic E-state index is 11.7. The summed E-state index contributed by atoms with van der Waals surface area (Å²) in [4.78, 5) is 12.7. The van der Waals surface area contributed by atoms with Gasteiger partial charge in [0.1, 0.15) is 11.9 Å². The summed E-state index contributed by atoms with van der Waals surface area (Å²) in [6, 6.07) is 3.92. The molecule has 0 spiro atoms. The number of thiophene rings is 1. The van der Waals surface area contributed by atoms with Gasteiger partial charge >= 0.3 is 7.60 Å². The number of aryl methyl sites for hydroxylation is 1. The molecule has 1 heterocycles. The molecule has 0 aliphatic heterocycles. The Morgan fingerprint density at radius 1 is 1.44 bits per heavy atom. The second-order valence-electron chi connectivity index (χ2n) is 3.25. The van der Waals surface area contributed by atoms with Gasteiger partial charge in [-0.2, -0.15) is 0 Å². The normalized spacial score (nSPS) is 11.6. The Labute approximate surface area is 99.1 Å². The highest BCUT2D eigenvalue weighted by Crippen LogP contribution is 2.46. The zero-order valence-corrected chi connectivity index (χ0v) is 11.1. The minimum Gasteiger partial charge on any atom is -0.312 e. The molecule has 0 bridgehead atoms. The van der Waals surface area contributed by atoms with Crippen molar-refractivity contribution in [1.82, 2.24) is 0 Å². The molecule has 1 aromatic rings. The van der Waals surface area contributed by atoms with Crippen molar-refractivity contribution in [3.8, 4) is 0 Å². The van der Waals surface area contributed by atoms with E-state index < -0.39 is 7.60 Å². The maximum absolute atomic E-state index is 11.7. The quantitative estimate of drug-likeness (QED) is 0.709. The molecule has 0 aromatic carbocycles. The minimum absolute atomic E-state index is 0.0968. The molecule has 16 heavy (non-hydrogen) atoms. The predicted molar refractivity (Wildman–Crippen MR) is 64.1 cm³/mol. The van der Waals surface area contributed by atoms with Crippen molar-refractivity contribution in [2.75, 3.05) is 20.4 Å². The fourth-order valence-electron chi connectivity index (χ4n) is 1.22. The highest BCUT2D eigenvalue weighted by Gasteiger charge is 2.24. The first-order valence-corrected chi connectivity index (χ1v) is 7.45. The smallest absolute Gasteiger partial charge is 0.312 e. The van der Waals surface area contributed by atoms with Crippen LogP contribution in [0.3, 0.4) is 0 Å². The lowest BCUT2D eigenvalue weighted by atomic mass is 10.2. The molecule has 0 N–H and O–H groups in total. The van der Waals surface area contributed by atoms with Crippen molar-refractivity contribution in [3.63, 3.8) is 0 Å². The zero-order valence-electron chi connectivity index (χ0n) is 9.34. The number of carbonyl (C=O) groups excluding carboxylic acids is 1. The molecule has 90 valence electrons. The van der Waals surface area contributed by atoms with Crippen molar-refractivity contribution in [3.05, 3.63) is 22.4 Å². The molecule has 6 heteroatoms. The first kappa shape index (κ1) is 13.6. The second-order valence-corrected chi connectivity index (χ2v) is 6.55. The van der Waals surface area contributed by atoms with E-state index in [1.165, 1.54) is 14.2 Å². The minimum atomic E-state index is -3.19. The summed E-state index contributed by atoms with van der Waals surface area (Å²) in [6.45, 7) is 0. The van der Waals surface area contributed by atoms with Crippen molar-refractivity contribution >= 4 is 24.7 Å². The monoisotopic (exact) mass is 262 g/mol. The van der Waals surface area contributed by atoms with E-state index in [4.69, 9.17) is 9.05 Å². The molecule has 4 nitrogen and oxygen atoms in total. The van der Waals surface area contributed by atoms with Crippen molar-refractivity contribution in [2.45, 2.75) is 12.8 Å². The predicted octanol–water partition coefficient (Wildman–Crippen LogP) is 2.74. The Bertz CT molecular complexity index is 366. The van der Waals surface area contributed by atoms with Gasteiger partial charge in [0.05, 0.1) is 0 Å². The van der Waals surface area contributed by atoms with Gasteiger partial charge in [-0.1, -0.05) is 6.07 Å². The Kier molecular flexibility index (Phi) is 5.35. The third-order valence-corrected chi connectivity index (χ3v) is 4.95. The van der Waals surface area contributed by atoms with E-state index in [-0.39, 0.29) is 11.9 Å². The van der Waals surface area contributed by atoms with Gasteiger partial charge < -0.3 is 9.05 Å². The van der Waals surface area contributed by atoms with E-state index in [2.05, 4.69) is 0 Å². The van der Waals surface area contributed by atoms with Crippen molar-refractivity contribution < 1.29 is 18.4 Å². The van der Waals surface area contributed by atoms with Crippen LogP contribution in [-0.2, 0) is 24.8 Å². The molecule has 0 atom stereocenters. The number of carbonyl (C=O) groups is 1. The van der Waals surface area contributed by atoms with Crippen LogP contribution in [0.1, 0.15) is 11.3 Å². The van der Waals surface area contributed by atoms with Gasteiger partial charge in [0.25, 0.3) is 0 Å². The highest BCUT2D eigenvalue weighted by atomic mass is 32.1. The van der Waals surface area contributed by atoms with Gasteiger partial charge in [0, 0.05) is 25.5 Å². The van der Waals surface area contributed by atoms with Crippen molar-refractivity contribution in [1.29, 1.82) is 0 Å². The van der Waals surface area contributed by atoms with Crippen LogP contribution in [0.15, 0.2) is 17.5 Å². The van der Waals surface area contributed by atoms with E-state index >= 15 is 0 Å². The number of hydrogen-bond donors (Lipinski definition) is 0. The van der Waals surface area contributed by atoms with Gasteiger partial charge in [0.15, 0.2) is 0 Å². The standard InChI is InChI=1S/C10H15O4PS/c1-13-15(12,14-2)8-9(11)5-6-10-4-3-7-16-10/h3-4,7H,5-6,8H2,1-2H3. The number of ketones is 1. The molecule has 1 rings (SSSR count). The Morgan fingerprint density at radius 2 is 2.12 bits per heavy atom. The molecule has 0 aliphatic carbocycles. The SMILES string of the molecule is COP(=O)(CC(=O)CCc1cccs1)OC. The second kappa shape index (κ2) is 6.30. The van der Waals surface area contributed by atoms with Crippen LogP contribution in [0.4, 0.5) is 0 Å². The van der Waals surface area contributed by atoms with Crippen LogP contribution in [0.2, 0.25) is 0 Å². The van der Waals surface area contributed by atoms with Crippen LogP contribution < -0.4 is 0 Å². The van der Waals surface area contributed by atoms with Crippen LogP contribution in [-0.4, -0.2) is 26.2 Å². The number of hydrogen-bond acceptors (Lipinski definition) is 5. The Hall–Kier alpha value is -0.480. The average molecular weight is 262 g/mol. The summed E-state index contributed by atoms with van der Waals surface area (Å²) in [7, 11) is -0.613. The maximum Gasteiger partial charge on any atom is 0.337 e. The summed E-state index contributed by atoms with van der Waals surface area (Å²) >= 11 is 1.61. The largest absolute Gasteiger partial charge is 0.337 e. The highest BCUT2D eigenvalue weighted by molar-refractivity contribution is 7.54. The summed E-state index contributed by atoms with van der Waals surface area (Å²) in [5.41, 5.74) is 0. The Morgan fingerprint density at radius 3 is 2.62 bits per heavy atom. The van der Waals surface area contributed by atoms with Gasteiger partial charge in [-0.15, -0.1) is 11.3 Å². The van der Waals surface area contributed by atoms with Crippen LogP contribution in [0, 0.1) is 0 Å². The molecule has 0 amide bonds. The molecule has 1 aromatic heterocycles. The lowest BCUT2D eigenvalue weighted by molar-refractivity contribution is -0.116. The molecule has 0 aliphatic rings. The summed E-state index contributed by atoms with van der Waals surface area (Å²) in [6.07, 6.45) is 0.909. The molecule has 0 unspecified atom stereocenters. The van der Waals surface area contributed by atoms with E-state index in [0.717, 1.165) is 4.88 Å². The third-order valence-electron chi connectivity index (χ3n) is 2.16. The molecular weight excluding hydrogens is 247 g/mol. The molecule has 0 fully saturated rings. The number of Topliss-reactive ketones (excluding diaryl/α,β-unsaturated/α-hetero) is 1. The van der Waals surface area contributed by atoms with Gasteiger partial charge in [0.2, 0.25) is 0 Å². The van der Waals surface area contributed by atoms with E-state index in [1.807, 2.05) is 17.5 Å². The zero-order chi connectivity index (χ0) is 12.0.